The van der Waals surface area contributed by atoms with E-state index in [1.807, 2.05) is 29.2 Å². The molecule has 9 heteroatoms. The van der Waals surface area contributed by atoms with E-state index in [4.69, 9.17) is 13.9 Å². The molecule has 0 atom stereocenters. The summed E-state index contributed by atoms with van der Waals surface area (Å²) in [4.78, 5) is 20.7. The smallest absolute Gasteiger partial charge is 0.289 e. The van der Waals surface area contributed by atoms with Gasteiger partial charge >= 0.3 is 0 Å². The van der Waals surface area contributed by atoms with Gasteiger partial charge in [-0.2, -0.15) is 0 Å². The molecule has 8 nitrogen and oxygen atoms in total. The number of guanidine groups is 1. The van der Waals surface area contributed by atoms with Crippen molar-refractivity contribution in [3.8, 4) is 5.75 Å². The Morgan fingerprint density at radius 3 is 2.40 bits per heavy atom. The zero-order valence-electron chi connectivity index (χ0n) is 17.4. The summed E-state index contributed by atoms with van der Waals surface area (Å²) in [6.07, 6.45) is 1.52. The average molecular weight is 528 g/mol. The molecular weight excluding hydrogens is 499 g/mol. The number of piperazine rings is 1. The first-order valence-corrected chi connectivity index (χ1v) is 9.70. The van der Waals surface area contributed by atoms with Gasteiger partial charge in [-0.05, 0) is 29.8 Å². The van der Waals surface area contributed by atoms with Gasteiger partial charge in [0.05, 0.1) is 12.9 Å². The Kier molecular flexibility index (Phi) is 9.95. The lowest BCUT2D eigenvalue weighted by atomic mass is 10.2. The van der Waals surface area contributed by atoms with Crippen LogP contribution < -0.4 is 10.1 Å². The molecular formula is C21H29IN4O4. The number of amides is 1. The number of ether oxygens (including phenoxy) is 2. The maximum Gasteiger partial charge on any atom is 0.289 e. The molecule has 1 aliphatic rings. The molecule has 1 aromatic carbocycles. The van der Waals surface area contributed by atoms with Gasteiger partial charge < -0.3 is 29.0 Å². The second kappa shape index (κ2) is 12.4. The second-order valence-electron chi connectivity index (χ2n) is 6.64. The Bertz CT molecular complexity index is 788. The third kappa shape index (κ3) is 6.63. The van der Waals surface area contributed by atoms with E-state index in [-0.39, 0.29) is 29.9 Å². The lowest BCUT2D eigenvalue weighted by Gasteiger charge is -2.36. The molecule has 0 unspecified atom stereocenters. The molecule has 30 heavy (non-hydrogen) atoms. The van der Waals surface area contributed by atoms with Crippen molar-refractivity contribution in [3.05, 3.63) is 54.0 Å². The third-order valence-electron chi connectivity index (χ3n) is 4.74. The van der Waals surface area contributed by atoms with Crippen molar-refractivity contribution in [3.63, 3.8) is 0 Å². The summed E-state index contributed by atoms with van der Waals surface area (Å²) >= 11 is 0. The summed E-state index contributed by atoms with van der Waals surface area (Å²) < 4.78 is 15.8. The maximum absolute atomic E-state index is 12.4. The Labute approximate surface area is 194 Å². The number of halogens is 1. The van der Waals surface area contributed by atoms with E-state index in [0.717, 1.165) is 30.4 Å². The van der Waals surface area contributed by atoms with E-state index in [9.17, 15) is 4.79 Å². The fourth-order valence-electron chi connectivity index (χ4n) is 3.14. The van der Waals surface area contributed by atoms with E-state index in [0.29, 0.717) is 38.6 Å². The number of furan rings is 1. The summed E-state index contributed by atoms with van der Waals surface area (Å²) in [5.41, 5.74) is 1.14. The van der Waals surface area contributed by atoms with Gasteiger partial charge in [0, 0.05) is 46.9 Å². The van der Waals surface area contributed by atoms with Gasteiger partial charge in [-0.25, -0.2) is 0 Å². The lowest BCUT2D eigenvalue weighted by molar-refractivity contribution is 0.0657. The predicted molar refractivity (Wildman–Crippen MR) is 126 cm³/mol. The largest absolute Gasteiger partial charge is 0.491 e. The molecule has 0 aliphatic carbocycles. The van der Waals surface area contributed by atoms with Crippen LogP contribution in [-0.2, 0) is 11.3 Å². The monoisotopic (exact) mass is 528 g/mol. The normalized spacial score (nSPS) is 14.3. The van der Waals surface area contributed by atoms with Crippen LogP contribution in [0, 0.1) is 0 Å². The van der Waals surface area contributed by atoms with Gasteiger partial charge in [0.15, 0.2) is 11.7 Å². The molecule has 1 saturated heterocycles. The van der Waals surface area contributed by atoms with E-state index >= 15 is 0 Å². The molecule has 2 heterocycles. The van der Waals surface area contributed by atoms with Crippen LogP contribution in [-0.4, -0.2) is 75.2 Å². The van der Waals surface area contributed by atoms with Crippen LogP contribution in [0.4, 0.5) is 0 Å². The summed E-state index contributed by atoms with van der Waals surface area (Å²) in [5.74, 6) is 1.98. The number of nitrogens with one attached hydrogen (secondary N) is 1. The first-order valence-electron chi connectivity index (χ1n) is 9.70. The van der Waals surface area contributed by atoms with Crippen LogP contribution in [0.1, 0.15) is 16.1 Å². The molecule has 0 bridgehead atoms. The van der Waals surface area contributed by atoms with Crippen LogP contribution in [0.25, 0.3) is 0 Å². The first-order chi connectivity index (χ1) is 14.2. The Morgan fingerprint density at radius 1 is 1.10 bits per heavy atom. The molecule has 1 amide bonds. The summed E-state index contributed by atoms with van der Waals surface area (Å²) in [5, 5.41) is 3.39. The van der Waals surface area contributed by atoms with Crippen molar-refractivity contribution in [2.24, 2.45) is 4.99 Å². The highest BCUT2D eigenvalue weighted by Crippen LogP contribution is 2.13. The molecule has 0 saturated carbocycles. The number of aliphatic imine (C=N–C) groups is 1. The molecule has 0 spiro atoms. The minimum Gasteiger partial charge on any atom is -0.491 e. The van der Waals surface area contributed by atoms with Gasteiger partial charge in [0.1, 0.15) is 12.4 Å². The van der Waals surface area contributed by atoms with E-state index in [2.05, 4.69) is 15.2 Å². The minimum atomic E-state index is -0.0644. The van der Waals surface area contributed by atoms with Crippen molar-refractivity contribution in [2.75, 3.05) is 53.6 Å². The van der Waals surface area contributed by atoms with E-state index < -0.39 is 0 Å². The molecule has 3 rings (SSSR count). The van der Waals surface area contributed by atoms with Crippen LogP contribution in [0.5, 0.6) is 5.75 Å². The molecule has 1 fully saturated rings. The van der Waals surface area contributed by atoms with E-state index in [1.54, 1.807) is 26.3 Å². The van der Waals surface area contributed by atoms with Crippen molar-refractivity contribution in [2.45, 2.75) is 6.54 Å². The molecule has 0 radical (unpaired) electrons. The number of carbonyl (C=O) groups is 1. The first kappa shape index (κ1) is 24.0. The van der Waals surface area contributed by atoms with Crippen molar-refractivity contribution < 1.29 is 18.7 Å². The minimum absolute atomic E-state index is 0. The number of hydrogen-bond donors (Lipinski definition) is 1. The Balaban J connectivity index is 0.00000320. The number of carbonyl (C=O) groups excluding carboxylic acids is 1. The summed E-state index contributed by atoms with van der Waals surface area (Å²) in [6.45, 7) is 4.48. The predicted octanol–water partition coefficient (Wildman–Crippen LogP) is 2.46. The van der Waals surface area contributed by atoms with Crippen molar-refractivity contribution in [1.29, 1.82) is 0 Å². The number of rotatable bonds is 7. The molecule has 1 N–H and O–H groups in total. The average Bonchev–Trinajstić information content (AvgIpc) is 3.30. The molecule has 2 aromatic rings. The summed E-state index contributed by atoms with van der Waals surface area (Å²) in [6, 6.07) is 11.4. The highest BCUT2D eigenvalue weighted by Gasteiger charge is 2.25. The molecule has 164 valence electrons. The van der Waals surface area contributed by atoms with Crippen molar-refractivity contribution in [1.82, 2.24) is 15.1 Å². The quantitative estimate of drug-likeness (QED) is 0.258. The third-order valence-corrected chi connectivity index (χ3v) is 4.74. The zero-order chi connectivity index (χ0) is 20.5. The number of nitrogens with zero attached hydrogens (tertiary/aromatic N) is 3. The highest BCUT2D eigenvalue weighted by atomic mass is 127. The fourth-order valence-corrected chi connectivity index (χ4v) is 3.14. The molecule has 1 aromatic heterocycles. The standard InChI is InChI=1S/C21H28N4O4.HI/c1-22-21(23-16-17-5-7-18(8-6-17)28-15-14-27-2)25-11-9-24(10-12-25)20(26)19-4-3-13-29-19;/h3-8,13H,9-12,14-16H2,1-2H3,(H,22,23);1H. The zero-order valence-corrected chi connectivity index (χ0v) is 19.7. The maximum atomic E-state index is 12.4. The van der Waals surface area contributed by atoms with Crippen molar-refractivity contribution >= 4 is 35.8 Å². The van der Waals surface area contributed by atoms with Gasteiger partial charge in [0.2, 0.25) is 0 Å². The van der Waals surface area contributed by atoms with E-state index in [1.165, 1.54) is 6.26 Å². The van der Waals surface area contributed by atoms with Crippen LogP contribution in [0.2, 0.25) is 0 Å². The SMILES string of the molecule is CN=C(NCc1ccc(OCCOC)cc1)N1CCN(C(=O)c2ccco2)CC1.I. The molecule has 1 aliphatic heterocycles. The number of benzene rings is 1. The number of hydrogen-bond acceptors (Lipinski definition) is 5. The van der Waals surface area contributed by atoms with Gasteiger partial charge in [-0.1, -0.05) is 12.1 Å². The Morgan fingerprint density at radius 2 is 1.80 bits per heavy atom. The Hall–Kier alpha value is -2.27. The van der Waals surface area contributed by atoms with Crippen LogP contribution >= 0.6 is 24.0 Å². The number of methoxy groups -OCH3 is 1. The lowest BCUT2D eigenvalue weighted by Crippen LogP contribution is -2.53. The summed E-state index contributed by atoms with van der Waals surface area (Å²) in [7, 11) is 3.43. The second-order valence-corrected chi connectivity index (χ2v) is 6.64. The topological polar surface area (TPSA) is 79.5 Å². The van der Waals surface area contributed by atoms with Crippen LogP contribution in [0.15, 0.2) is 52.1 Å². The van der Waals surface area contributed by atoms with Gasteiger partial charge in [0.25, 0.3) is 5.91 Å². The highest BCUT2D eigenvalue weighted by molar-refractivity contribution is 14.0. The fraction of sp³-hybridized carbons (Fsp3) is 0.429. The van der Waals surface area contributed by atoms with Crippen LogP contribution in [0.3, 0.4) is 0 Å². The van der Waals surface area contributed by atoms with Gasteiger partial charge in [-0.15, -0.1) is 24.0 Å². The van der Waals surface area contributed by atoms with Gasteiger partial charge in [-0.3, -0.25) is 9.79 Å².